The maximum Gasteiger partial charge on any atom is 0.336 e. The topological polar surface area (TPSA) is 177 Å². The fourth-order valence-corrected chi connectivity index (χ4v) is 10.6. The number of nitrogens with zero attached hydrogens (tertiary/aromatic N) is 1. The first kappa shape index (κ1) is 29.7. The van der Waals surface area contributed by atoms with Crippen molar-refractivity contribution in [3.63, 3.8) is 0 Å². The number of esters is 1. The van der Waals surface area contributed by atoms with Crippen LogP contribution in [0.3, 0.4) is 0 Å². The van der Waals surface area contributed by atoms with Crippen molar-refractivity contribution in [2.24, 2.45) is 52.1 Å². The highest BCUT2D eigenvalue weighted by Gasteiger charge is 2.72. The second-order valence-electron chi connectivity index (χ2n) is 14.1. The standard InChI is InChI=1S/C31H44N2O9/c1-29-17(12-18(34)13-22(29)19(8-10-32)28(39)42-33-25(36)5-6-26(33)37)3-4-21-23(29)14-24(35)30(2)20(7-9-31(21,30)40)16-11-27(38)41-15-16/h11,17-24,34-35,40H,3-10,12-15,32H2,1-2H3/t17-,18+,19?,20-,21-,22?,23+,24-,29-,30+,31+/m1/s1. The van der Waals surface area contributed by atoms with Gasteiger partial charge in [-0.15, -0.1) is 5.06 Å². The molecule has 2 unspecified atom stereocenters. The Morgan fingerprint density at radius 1 is 1.10 bits per heavy atom. The quantitative estimate of drug-likeness (QED) is 0.262. The Kier molecular flexibility index (Phi) is 7.35. The van der Waals surface area contributed by atoms with Crippen molar-refractivity contribution in [1.82, 2.24) is 5.06 Å². The summed E-state index contributed by atoms with van der Waals surface area (Å²) in [5.74, 6) is -3.84. The summed E-state index contributed by atoms with van der Waals surface area (Å²) in [5.41, 5.74) is 4.20. The van der Waals surface area contributed by atoms with Crippen LogP contribution in [0.15, 0.2) is 11.6 Å². The molecular formula is C31H44N2O9. The molecule has 0 spiro atoms. The van der Waals surface area contributed by atoms with Crippen LogP contribution in [0.1, 0.15) is 78.1 Å². The minimum atomic E-state index is -1.20. The van der Waals surface area contributed by atoms with E-state index < -0.39 is 58.3 Å². The molecule has 0 aromatic rings. The Hall–Kier alpha value is -2.34. The summed E-state index contributed by atoms with van der Waals surface area (Å²) in [5, 5.41) is 36.1. The van der Waals surface area contributed by atoms with Crippen LogP contribution in [0.25, 0.3) is 0 Å². The van der Waals surface area contributed by atoms with Gasteiger partial charge in [0.15, 0.2) is 0 Å². The van der Waals surface area contributed by atoms with Crippen molar-refractivity contribution in [3.05, 3.63) is 11.6 Å². The molecule has 5 N–H and O–H groups in total. The number of aliphatic hydroxyl groups is 3. The minimum absolute atomic E-state index is 0.00717. The molecule has 11 nitrogen and oxygen atoms in total. The van der Waals surface area contributed by atoms with E-state index in [0.717, 1.165) is 18.4 Å². The molecule has 11 atom stereocenters. The fraction of sp³-hybridized carbons (Fsp3) is 0.806. The molecule has 11 heteroatoms. The summed E-state index contributed by atoms with van der Waals surface area (Å²) < 4.78 is 5.20. The van der Waals surface area contributed by atoms with Gasteiger partial charge >= 0.3 is 11.9 Å². The number of hydrogen-bond donors (Lipinski definition) is 4. The van der Waals surface area contributed by atoms with E-state index >= 15 is 0 Å². The average Bonchev–Trinajstić information content (AvgIpc) is 3.59. The predicted octanol–water partition coefficient (Wildman–Crippen LogP) is 1.37. The van der Waals surface area contributed by atoms with Crippen molar-refractivity contribution >= 4 is 23.8 Å². The Morgan fingerprint density at radius 2 is 1.81 bits per heavy atom. The second-order valence-corrected chi connectivity index (χ2v) is 14.1. The number of hydrogen-bond acceptors (Lipinski definition) is 10. The molecule has 1 saturated heterocycles. The van der Waals surface area contributed by atoms with Gasteiger partial charge in [-0.2, -0.15) is 0 Å². The third-order valence-corrected chi connectivity index (χ3v) is 12.7. The van der Waals surface area contributed by atoms with E-state index in [1.165, 1.54) is 6.08 Å². The highest BCUT2D eigenvalue weighted by Crippen LogP contribution is 2.71. The molecule has 6 rings (SSSR count). The molecule has 42 heavy (non-hydrogen) atoms. The fourth-order valence-electron chi connectivity index (χ4n) is 10.6. The van der Waals surface area contributed by atoms with Crippen molar-refractivity contribution in [3.8, 4) is 0 Å². The summed E-state index contributed by atoms with van der Waals surface area (Å²) in [4.78, 5) is 55.5. The molecule has 232 valence electrons. The number of rotatable bonds is 6. The van der Waals surface area contributed by atoms with E-state index in [4.69, 9.17) is 15.3 Å². The van der Waals surface area contributed by atoms with E-state index in [9.17, 15) is 34.5 Å². The summed E-state index contributed by atoms with van der Waals surface area (Å²) in [6.45, 7) is 4.43. The van der Waals surface area contributed by atoms with Crippen LogP contribution in [0, 0.1) is 46.3 Å². The predicted molar refractivity (Wildman–Crippen MR) is 146 cm³/mol. The van der Waals surface area contributed by atoms with Gasteiger partial charge < -0.3 is 30.6 Å². The number of ether oxygens (including phenoxy) is 1. The number of hydroxylamine groups is 2. The smallest absolute Gasteiger partial charge is 0.336 e. The Labute approximate surface area is 245 Å². The number of cyclic esters (lactones) is 1. The molecule has 2 heterocycles. The van der Waals surface area contributed by atoms with E-state index in [-0.39, 0.29) is 62.1 Å². The van der Waals surface area contributed by atoms with Gasteiger partial charge in [-0.05, 0) is 98.5 Å². The largest absolute Gasteiger partial charge is 0.458 e. The van der Waals surface area contributed by atoms with Gasteiger partial charge in [-0.3, -0.25) is 9.59 Å². The average molecular weight is 589 g/mol. The van der Waals surface area contributed by atoms with Gasteiger partial charge in [0.25, 0.3) is 11.8 Å². The van der Waals surface area contributed by atoms with Gasteiger partial charge in [0.2, 0.25) is 0 Å². The molecule has 0 aromatic heterocycles. The molecule has 4 aliphatic carbocycles. The zero-order chi connectivity index (χ0) is 30.2. The number of fused-ring (bicyclic) bond motifs is 5. The number of carbonyl (C=O) groups excluding carboxylic acids is 4. The summed E-state index contributed by atoms with van der Waals surface area (Å²) >= 11 is 0. The van der Waals surface area contributed by atoms with Crippen molar-refractivity contribution < 1.29 is 44.1 Å². The highest BCUT2D eigenvalue weighted by molar-refractivity contribution is 6.01. The van der Waals surface area contributed by atoms with E-state index in [1.807, 2.05) is 6.92 Å². The van der Waals surface area contributed by atoms with Crippen molar-refractivity contribution in [1.29, 1.82) is 0 Å². The van der Waals surface area contributed by atoms with Gasteiger partial charge in [0.05, 0.1) is 23.7 Å². The number of aliphatic hydroxyl groups excluding tert-OH is 2. The normalized spacial score (nSPS) is 45.6. The van der Waals surface area contributed by atoms with Crippen LogP contribution in [0.5, 0.6) is 0 Å². The second kappa shape index (κ2) is 10.4. The lowest BCUT2D eigenvalue weighted by Gasteiger charge is -2.67. The number of nitrogens with two attached hydrogens (primary N) is 1. The van der Waals surface area contributed by atoms with Crippen LogP contribution in [0.2, 0.25) is 0 Å². The van der Waals surface area contributed by atoms with Gasteiger partial charge in [0, 0.05) is 24.3 Å². The minimum Gasteiger partial charge on any atom is -0.458 e. The molecule has 0 aromatic carbocycles. The third kappa shape index (κ3) is 4.13. The molecule has 0 bridgehead atoms. The molecule has 0 radical (unpaired) electrons. The first-order chi connectivity index (χ1) is 19.9. The van der Waals surface area contributed by atoms with E-state index in [1.54, 1.807) is 0 Å². The van der Waals surface area contributed by atoms with E-state index in [2.05, 4.69) is 6.92 Å². The lowest BCUT2D eigenvalue weighted by atomic mass is 9.39. The summed E-state index contributed by atoms with van der Waals surface area (Å²) in [7, 11) is 0. The van der Waals surface area contributed by atoms with Gasteiger partial charge in [0.1, 0.15) is 6.61 Å². The molecule has 6 aliphatic rings. The number of imide groups is 1. The Morgan fingerprint density at radius 3 is 2.45 bits per heavy atom. The number of carbonyl (C=O) groups is 4. The monoisotopic (exact) mass is 588 g/mol. The van der Waals surface area contributed by atoms with Gasteiger partial charge in [-0.25, -0.2) is 9.59 Å². The van der Waals surface area contributed by atoms with Gasteiger partial charge in [-0.1, -0.05) is 13.8 Å². The number of amides is 2. The molecule has 5 fully saturated rings. The zero-order valence-electron chi connectivity index (χ0n) is 24.5. The van der Waals surface area contributed by atoms with Crippen LogP contribution in [-0.4, -0.2) is 75.1 Å². The molecule has 4 saturated carbocycles. The zero-order valence-corrected chi connectivity index (χ0v) is 24.5. The van der Waals surface area contributed by atoms with E-state index in [0.29, 0.717) is 37.2 Å². The summed E-state index contributed by atoms with van der Waals surface area (Å²) in [6.07, 6.45) is 4.13. The lowest BCUT2D eigenvalue weighted by molar-refractivity contribution is -0.258. The van der Waals surface area contributed by atoms with Crippen LogP contribution < -0.4 is 5.73 Å². The molecule has 2 aliphatic heterocycles. The maximum atomic E-state index is 13.7. The molecule has 2 amide bonds. The van der Waals surface area contributed by atoms with Crippen LogP contribution in [0.4, 0.5) is 0 Å². The first-order valence-electron chi connectivity index (χ1n) is 15.6. The SMILES string of the molecule is C[C@]12C(C(CCN)C(=O)ON3C(=O)CCC3=O)C[C@@H](O)C[C@H]1CC[C@@H]1[C@@H]2C[C@@H](O)[C@]2(C)[C@@H](C3=CC(=O)OC3)CC[C@]12O. The van der Waals surface area contributed by atoms with Crippen LogP contribution in [-0.2, 0) is 28.8 Å². The highest BCUT2D eigenvalue weighted by atomic mass is 16.7. The summed E-state index contributed by atoms with van der Waals surface area (Å²) in [6, 6.07) is 0. The molecular weight excluding hydrogens is 544 g/mol. The Bertz CT molecular complexity index is 1190. The Balaban J connectivity index is 1.35. The van der Waals surface area contributed by atoms with Crippen molar-refractivity contribution in [2.75, 3.05) is 13.2 Å². The lowest BCUT2D eigenvalue weighted by Crippen LogP contribution is -2.68. The third-order valence-electron chi connectivity index (χ3n) is 12.7. The van der Waals surface area contributed by atoms with Crippen molar-refractivity contribution in [2.45, 2.75) is 95.9 Å². The maximum absolute atomic E-state index is 13.7. The first-order valence-corrected chi connectivity index (χ1v) is 15.6. The van der Waals surface area contributed by atoms with Crippen LogP contribution >= 0.6 is 0 Å².